The standard InChI is InChI=1S/C16H26BrN3O/c1-10(2)9-20-16(21)15(17)14(8-18-20)19-13-6-11(3)5-12(4)7-13/h8,10-13,19H,5-7,9H2,1-4H3. The maximum Gasteiger partial charge on any atom is 0.283 e. The van der Waals surface area contributed by atoms with Gasteiger partial charge in [0, 0.05) is 12.6 Å². The van der Waals surface area contributed by atoms with Gasteiger partial charge < -0.3 is 5.32 Å². The summed E-state index contributed by atoms with van der Waals surface area (Å²) in [6.45, 7) is 9.42. The van der Waals surface area contributed by atoms with Gasteiger partial charge in [-0.25, -0.2) is 4.68 Å². The molecule has 0 bridgehead atoms. The van der Waals surface area contributed by atoms with E-state index in [-0.39, 0.29) is 5.56 Å². The van der Waals surface area contributed by atoms with Crippen molar-refractivity contribution < 1.29 is 0 Å². The lowest BCUT2D eigenvalue weighted by Crippen LogP contribution is -2.32. The number of rotatable bonds is 4. The van der Waals surface area contributed by atoms with E-state index < -0.39 is 0 Å². The second-order valence-electron chi connectivity index (χ2n) is 7.01. The average molecular weight is 356 g/mol. The molecule has 2 unspecified atom stereocenters. The lowest BCUT2D eigenvalue weighted by molar-refractivity contribution is 0.280. The van der Waals surface area contributed by atoms with E-state index in [1.165, 1.54) is 11.1 Å². The Morgan fingerprint density at radius 1 is 1.33 bits per heavy atom. The predicted octanol–water partition coefficient (Wildman–Crippen LogP) is 3.90. The van der Waals surface area contributed by atoms with Crippen molar-refractivity contribution in [1.29, 1.82) is 0 Å². The van der Waals surface area contributed by atoms with E-state index in [0.717, 1.165) is 30.4 Å². The van der Waals surface area contributed by atoms with E-state index in [1.54, 1.807) is 6.20 Å². The molecular weight excluding hydrogens is 330 g/mol. The molecular formula is C16H26BrN3O. The Bertz CT molecular complexity index is 531. The molecule has 1 aromatic heterocycles. The van der Waals surface area contributed by atoms with Crippen molar-refractivity contribution >= 4 is 21.6 Å². The maximum atomic E-state index is 12.3. The van der Waals surface area contributed by atoms with Crippen molar-refractivity contribution in [3.63, 3.8) is 0 Å². The monoisotopic (exact) mass is 355 g/mol. The van der Waals surface area contributed by atoms with Crippen molar-refractivity contribution in [2.24, 2.45) is 17.8 Å². The molecule has 21 heavy (non-hydrogen) atoms. The van der Waals surface area contributed by atoms with Crippen LogP contribution in [-0.2, 0) is 6.54 Å². The zero-order valence-corrected chi connectivity index (χ0v) is 15.0. The molecule has 1 aliphatic rings. The van der Waals surface area contributed by atoms with E-state index in [1.807, 2.05) is 0 Å². The van der Waals surface area contributed by atoms with Gasteiger partial charge in [0.2, 0.25) is 0 Å². The van der Waals surface area contributed by atoms with E-state index in [0.29, 0.717) is 23.0 Å². The van der Waals surface area contributed by atoms with Crippen molar-refractivity contribution in [3.8, 4) is 0 Å². The molecule has 1 fully saturated rings. The summed E-state index contributed by atoms with van der Waals surface area (Å²) in [7, 11) is 0. The number of anilines is 1. The third-order valence-electron chi connectivity index (χ3n) is 4.06. The SMILES string of the molecule is CC(C)Cn1ncc(NC2CC(C)CC(C)C2)c(Br)c1=O. The Balaban J connectivity index is 2.14. The summed E-state index contributed by atoms with van der Waals surface area (Å²) in [5.74, 6) is 1.87. The number of aromatic nitrogens is 2. The van der Waals surface area contributed by atoms with Gasteiger partial charge in [-0.2, -0.15) is 5.10 Å². The Hall–Kier alpha value is -0.840. The molecule has 2 atom stereocenters. The molecule has 0 radical (unpaired) electrons. The van der Waals surface area contributed by atoms with Crippen LogP contribution in [0.2, 0.25) is 0 Å². The summed E-state index contributed by atoms with van der Waals surface area (Å²) >= 11 is 3.44. The molecule has 5 heteroatoms. The highest BCUT2D eigenvalue weighted by molar-refractivity contribution is 9.10. The Kier molecular flexibility index (Phi) is 5.47. The normalized spacial score (nSPS) is 26.1. The van der Waals surface area contributed by atoms with Crippen molar-refractivity contribution in [2.75, 3.05) is 5.32 Å². The van der Waals surface area contributed by atoms with Gasteiger partial charge in [0.15, 0.2) is 0 Å². The highest BCUT2D eigenvalue weighted by Gasteiger charge is 2.24. The number of nitrogens with one attached hydrogen (secondary N) is 1. The Morgan fingerprint density at radius 2 is 1.95 bits per heavy atom. The largest absolute Gasteiger partial charge is 0.380 e. The van der Waals surface area contributed by atoms with Gasteiger partial charge in [0.05, 0.1) is 11.9 Å². The lowest BCUT2D eigenvalue weighted by Gasteiger charge is -2.32. The second kappa shape index (κ2) is 6.95. The molecule has 0 saturated heterocycles. The minimum Gasteiger partial charge on any atom is -0.380 e. The average Bonchev–Trinajstić information content (AvgIpc) is 2.37. The van der Waals surface area contributed by atoms with Crippen LogP contribution in [0.5, 0.6) is 0 Å². The fourth-order valence-electron chi connectivity index (χ4n) is 3.33. The van der Waals surface area contributed by atoms with Gasteiger partial charge in [0.1, 0.15) is 4.47 Å². The molecule has 1 heterocycles. The fourth-order valence-corrected chi connectivity index (χ4v) is 3.75. The summed E-state index contributed by atoms with van der Waals surface area (Å²) in [4.78, 5) is 12.3. The van der Waals surface area contributed by atoms with Gasteiger partial charge in [-0.15, -0.1) is 0 Å². The molecule has 118 valence electrons. The number of nitrogens with zero attached hydrogens (tertiary/aromatic N) is 2. The van der Waals surface area contributed by atoms with E-state index in [4.69, 9.17) is 0 Å². The van der Waals surface area contributed by atoms with Crippen molar-refractivity contribution in [2.45, 2.75) is 59.5 Å². The molecule has 4 nitrogen and oxygen atoms in total. The quantitative estimate of drug-likeness (QED) is 0.890. The van der Waals surface area contributed by atoms with Crippen LogP contribution < -0.4 is 10.9 Å². The van der Waals surface area contributed by atoms with Gasteiger partial charge in [-0.05, 0) is 52.9 Å². The first-order chi connectivity index (χ1) is 9.86. The number of halogens is 1. The van der Waals surface area contributed by atoms with Gasteiger partial charge in [0.25, 0.3) is 5.56 Å². The second-order valence-corrected chi connectivity index (χ2v) is 7.81. The van der Waals surface area contributed by atoms with Crippen LogP contribution in [0.4, 0.5) is 5.69 Å². The highest BCUT2D eigenvalue weighted by atomic mass is 79.9. The zero-order valence-electron chi connectivity index (χ0n) is 13.4. The molecule has 0 aromatic carbocycles. The van der Waals surface area contributed by atoms with Crippen LogP contribution in [0.15, 0.2) is 15.5 Å². The molecule has 0 aliphatic heterocycles. The lowest BCUT2D eigenvalue weighted by atomic mass is 9.80. The van der Waals surface area contributed by atoms with Gasteiger partial charge >= 0.3 is 0 Å². The molecule has 1 N–H and O–H groups in total. The van der Waals surface area contributed by atoms with E-state index >= 15 is 0 Å². The van der Waals surface area contributed by atoms with Crippen LogP contribution in [-0.4, -0.2) is 15.8 Å². The number of hydrogen-bond acceptors (Lipinski definition) is 3. The predicted molar refractivity (Wildman–Crippen MR) is 90.6 cm³/mol. The first-order valence-corrected chi connectivity index (χ1v) is 8.68. The third kappa shape index (κ3) is 4.31. The summed E-state index contributed by atoms with van der Waals surface area (Å²) in [5, 5.41) is 7.80. The van der Waals surface area contributed by atoms with Crippen molar-refractivity contribution in [3.05, 3.63) is 21.0 Å². The van der Waals surface area contributed by atoms with Crippen molar-refractivity contribution in [1.82, 2.24) is 9.78 Å². The Labute approximate surface area is 135 Å². The summed E-state index contributed by atoms with van der Waals surface area (Å²) in [6, 6.07) is 0.433. The van der Waals surface area contributed by atoms with Gasteiger partial charge in [-0.1, -0.05) is 27.7 Å². The van der Waals surface area contributed by atoms with Crippen LogP contribution in [0.25, 0.3) is 0 Å². The van der Waals surface area contributed by atoms with Gasteiger partial charge in [-0.3, -0.25) is 4.79 Å². The van der Waals surface area contributed by atoms with E-state index in [2.05, 4.69) is 54.0 Å². The topological polar surface area (TPSA) is 46.9 Å². The van der Waals surface area contributed by atoms with E-state index in [9.17, 15) is 4.79 Å². The first-order valence-electron chi connectivity index (χ1n) is 7.89. The highest BCUT2D eigenvalue weighted by Crippen LogP contribution is 2.31. The summed E-state index contributed by atoms with van der Waals surface area (Å²) in [5.41, 5.74) is 0.775. The molecule has 2 rings (SSSR count). The summed E-state index contributed by atoms with van der Waals surface area (Å²) in [6.07, 6.45) is 5.39. The summed E-state index contributed by atoms with van der Waals surface area (Å²) < 4.78 is 2.13. The van der Waals surface area contributed by atoms with Crippen LogP contribution >= 0.6 is 15.9 Å². The molecule has 0 spiro atoms. The van der Waals surface area contributed by atoms with Crippen LogP contribution in [0.1, 0.15) is 47.0 Å². The first kappa shape index (κ1) is 16.5. The van der Waals surface area contributed by atoms with Crippen LogP contribution in [0, 0.1) is 17.8 Å². The molecule has 1 saturated carbocycles. The Morgan fingerprint density at radius 3 is 2.52 bits per heavy atom. The smallest absolute Gasteiger partial charge is 0.283 e. The third-order valence-corrected chi connectivity index (χ3v) is 4.83. The molecule has 1 aromatic rings. The minimum atomic E-state index is -0.0504. The molecule has 1 aliphatic carbocycles. The zero-order chi connectivity index (χ0) is 15.6. The molecule has 0 amide bonds. The fraction of sp³-hybridized carbons (Fsp3) is 0.750. The maximum absolute atomic E-state index is 12.3. The number of hydrogen-bond donors (Lipinski definition) is 1. The van der Waals surface area contributed by atoms with Crippen LogP contribution in [0.3, 0.4) is 0 Å². The minimum absolute atomic E-state index is 0.0504.